The number of hydrogen-bond acceptors (Lipinski definition) is 2. The quantitative estimate of drug-likeness (QED) is 0.359. The van der Waals surface area contributed by atoms with Crippen LogP contribution in [-0.4, -0.2) is 12.5 Å². The molecule has 0 aromatic heterocycles. The van der Waals surface area contributed by atoms with E-state index < -0.39 is 5.91 Å². The van der Waals surface area contributed by atoms with Gasteiger partial charge >= 0.3 is 0 Å². The fourth-order valence-corrected chi connectivity index (χ4v) is 0.360. The summed E-state index contributed by atoms with van der Waals surface area (Å²) in [6, 6.07) is 0. The van der Waals surface area contributed by atoms with Crippen molar-refractivity contribution in [3.8, 4) is 0 Å². The van der Waals surface area contributed by atoms with Crippen molar-refractivity contribution < 1.29 is 9.53 Å². The van der Waals surface area contributed by atoms with E-state index >= 15 is 0 Å². The van der Waals surface area contributed by atoms with Crippen LogP contribution < -0.4 is 5.73 Å². The molecule has 0 aliphatic rings. The van der Waals surface area contributed by atoms with Gasteiger partial charge in [0.15, 0.2) is 0 Å². The second-order valence-electron chi connectivity index (χ2n) is 2.04. The lowest BCUT2D eigenvalue weighted by Crippen LogP contribution is -2.11. The zero-order valence-corrected chi connectivity index (χ0v) is 6.39. The first-order chi connectivity index (χ1) is 4.68. The average molecular weight is 143 g/mol. The molecule has 0 spiro atoms. The minimum atomic E-state index is -0.434. The molecule has 0 heterocycles. The third-order valence-corrected chi connectivity index (χ3v) is 0.971. The maximum absolute atomic E-state index is 10.4. The molecule has 0 bridgehead atoms. The van der Waals surface area contributed by atoms with Gasteiger partial charge < -0.3 is 10.5 Å². The first-order valence-corrected chi connectivity index (χ1v) is 3.26. The van der Waals surface area contributed by atoms with E-state index in [9.17, 15) is 4.79 Å². The average Bonchev–Trinajstić information content (AvgIpc) is 1.88. The lowest BCUT2D eigenvalue weighted by atomic mass is 10.3. The molecular weight excluding hydrogens is 130 g/mol. The Kier molecular flexibility index (Phi) is 4.37. The summed E-state index contributed by atoms with van der Waals surface area (Å²) in [6.45, 7) is 4.25. The lowest BCUT2D eigenvalue weighted by molar-refractivity contribution is -0.114. The van der Waals surface area contributed by atoms with Crippen LogP contribution in [0.25, 0.3) is 0 Å². The Labute approximate surface area is 60.9 Å². The Morgan fingerprint density at radius 3 is 2.70 bits per heavy atom. The summed E-state index contributed by atoms with van der Waals surface area (Å²) in [5, 5.41) is 0. The summed E-state index contributed by atoms with van der Waals surface area (Å²) in [5.74, 6) is -0.434. The molecule has 58 valence electrons. The van der Waals surface area contributed by atoms with Gasteiger partial charge in [0.2, 0.25) is 5.91 Å². The van der Waals surface area contributed by atoms with Crippen LogP contribution in [-0.2, 0) is 9.53 Å². The van der Waals surface area contributed by atoms with Gasteiger partial charge in [-0.3, -0.25) is 4.79 Å². The number of ether oxygens (including phenoxy) is 1. The summed E-state index contributed by atoms with van der Waals surface area (Å²) in [6.07, 6.45) is 2.33. The highest BCUT2D eigenvalue weighted by atomic mass is 16.5. The molecule has 0 saturated heterocycles. The van der Waals surface area contributed by atoms with Gasteiger partial charge in [-0.25, -0.2) is 0 Å². The smallest absolute Gasteiger partial charge is 0.247 e. The highest BCUT2D eigenvalue weighted by Gasteiger charge is 1.94. The summed E-state index contributed by atoms with van der Waals surface area (Å²) in [7, 11) is 0. The lowest BCUT2D eigenvalue weighted by Gasteiger charge is -1.97. The number of carbonyl (C=O) groups excluding carboxylic acids is 1. The van der Waals surface area contributed by atoms with Gasteiger partial charge in [0, 0.05) is 5.57 Å². The Balaban J connectivity index is 3.58. The molecule has 0 unspecified atom stereocenters. The van der Waals surface area contributed by atoms with Crippen LogP contribution in [0, 0.1) is 0 Å². The van der Waals surface area contributed by atoms with Crippen LogP contribution in [0.5, 0.6) is 0 Å². The Morgan fingerprint density at radius 2 is 2.30 bits per heavy atom. The van der Waals surface area contributed by atoms with Crippen molar-refractivity contribution in [3.05, 3.63) is 11.8 Å². The number of primary amides is 1. The van der Waals surface area contributed by atoms with Gasteiger partial charge in [0.25, 0.3) is 0 Å². The van der Waals surface area contributed by atoms with Crippen LogP contribution in [0.4, 0.5) is 0 Å². The van der Waals surface area contributed by atoms with Crippen molar-refractivity contribution in [1.82, 2.24) is 0 Å². The monoisotopic (exact) mass is 143 g/mol. The van der Waals surface area contributed by atoms with E-state index in [0.717, 1.165) is 6.42 Å². The summed E-state index contributed by atoms with van der Waals surface area (Å²) >= 11 is 0. The van der Waals surface area contributed by atoms with Crippen molar-refractivity contribution in [2.24, 2.45) is 5.73 Å². The molecule has 0 aromatic rings. The van der Waals surface area contributed by atoms with Gasteiger partial charge in [0.1, 0.15) is 0 Å². The zero-order valence-electron chi connectivity index (χ0n) is 6.39. The van der Waals surface area contributed by atoms with Crippen LogP contribution in [0.3, 0.4) is 0 Å². The van der Waals surface area contributed by atoms with Gasteiger partial charge in [0.05, 0.1) is 12.9 Å². The maximum atomic E-state index is 10.4. The second kappa shape index (κ2) is 4.85. The van der Waals surface area contributed by atoms with Crippen LogP contribution in [0.1, 0.15) is 20.3 Å². The first-order valence-electron chi connectivity index (χ1n) is 3.26. The van der Waals surface area contributed by atoms with Gasteiger partial charge in [-0.1, -0.05) is 6.92 Å². The van der Waals surface area contributed by atoms with E-state index in [0.29, 0.717) is 12.2 Å². The van der Waals surface area contributed by atoms with E-state index in [1.165, 1.54) is 6.26 Å². The SMILES string of the molecule is CCCOC=C(C)C(N)=O. The standard InChI is InChI=1S/C7H13NO2/c1-3-4-10-5-6(2)7(8)9/h5H,3-4H2,1-2H3,(H2,8,9). The van der Waals surface area contributed by atoms with Crippen molar-refractivity contribution in [3.63, 3.8) is 0 Å². The predicted molar refractivity (Wildman–Crippen MR) is 39.2 cm³/mol. The third kappa shape index (κ3) is 3.95. The normalized spacial score (nSPS) is 11.2. The molecule has 10 heavy (non-hydrogen) atoms. The molecule has 0 aliphatic heterocycles. The molecule has 0 fully saturated rings. The van der Waals surface area contributed by atoms with Gasteiger partial charge in [-0.15, -0.1) is 0 Å². The highest BCUT2D eigenvalue weighted by Crippen LogP contribution is 1.91. The third-order valence-electron chi connectivity index (χ3n) is 0.971. The highest BCUT2D eigenvalue weighted by molar-refractivity contribution is 5.90. The van der Waals surface area contributed by atoms with Gasteiger partial charge in [-0.2, -0.15) is 0 Å². The van der Waals surface area contributed by atoms with Crippen molar-refractivity contribution in [2.45, 2.75) is 20.3 Å². The molecule has 0 aliphatic carbocycles. The zero-order chi connectivity index (χ0) is 7.98. The Morgan fingerprint density at radius 1 is 1.70 bits per heavy atom. The first kappa shape index (κ1) is 9.01. The minimum Gasteiger partial charge on any atom is -0.501 e. The summed E-state index contributed by atoms with van der Waals surface area (Å²) in [5.41, 5.74) is 5.38. The number of nitrogens with two attached hydrogens (primary N) is 1. The Bertz CT molecular complexity index is 141. The van der Waals surface area contributed by atoms with E-state index in [-0.39, 0.29) is 0 Å². The van der Waals surface area contributed by atoms with Crippen molar-refractivity contribution in [1.29, 1.82) is 0 Å². The summed E-state index contributed by atoms with van der Waals surface area (Å²) < 4.78 is 4.94. The van der Waals surface area contributed by atoms with Crippen molar-refractivity contribution in [2.75, 3.05) is 6.61 Å². The van der Waals surface area contributed by atoms with Crippen LogP contribution >= 0.6 is 0 Å². The molecule has 1 amide bonds. The molecule has 0 saturated carbocycles. The van der Waals surface area contributed by atoms with E-state index in [4.69, 9.17) is 10.5 Å². The summed E-state index contributed by atoms with van der Waals surface area (Å²) in [4.78, 5) is 10.4. The molecule has 3 nitrogen and oxygen atoms in total. The van der Waals surface area contributed by atoms with Crippen LogP contribution in [0.2, 0.25) is 0 Å². The fourth-order valence-electron chi connectivity index (χ4n) is 0.360. The van der Waals surface area contributed by atoms with Crippen LogP contribution in [0.15, 0.2) is 11.8 Å². The largest absolute Gasteiger partial charge is 0.501 e. The Hall–Kier alpha value is -0.990. The minimum absolute atomic E-state index is 0.434. The van der Waals surface area contributed by atoms with E-state index in [1.54, 1.807) is 6.92 Å². The van der Waals surface area contributed by atoms with E-state index in [1.807, 2.05) is 6.92 Å². The molecule has 0 rings (SSSR count). The van der Waals surface area contributed by atoms with Crippen molar-refractivity contribution >= 4 is 5.91 Å². The molecule has 3 heteroatoms. The second-order valence-corrected chi connectivity index (χ2v) is 2.04. The number of carbonyl (C=O) groups is 1. The number of hydrogen-bond donors (Lipinski definition) is 1. The number of amides is 1. The molecule has 0 aromatic carbocycles. The predicted octanol–water partition coefficient (Wildman–Crippen LogP) is 0.802. The molecular formula is C7H13NO2. The maximum Gasteiger partial charge on any atom is 0.247 e. The van der Waals surface area contributed by atoms with E-state index in [2.05, 4.69) is 0 Å². The van der Waals surface area contributed by atoms with Gasteiger partial charge in [-0.05, 0) is 13.3 Å². The number of rotatable bonds is 4. The topological polar surface area (TPSA) is 52.3 Å². The molecule has 0 radical (unpaired) electrons. The molecule has 0 atom stereocenters. The molecule has 2 N–H and O–H groups in total. The fraction of sp³-hybridized carbons (Fsp3) is 0.571.